The van der Waals surface area contributed by atoms with E-state index < -0.39 is 0 Å². The fourth-order valence-electron chi connectivity index (χ4n) is 4.35. The lowest BCUT2D eigenvalue weighted by Crippen LogP contribution is -2.43. The molecule has 2 amide bonds. The molecule has 2 aliphatic heterocycles. The highest BCUT2D eigenvalue weighted by Gasteiger charge is 2.23. The monoisotopic (exact) mass is 432 g/mol. The lowest BCUT2D eigenvalue weighted by molar-refractivity contribution is 0.251. The molecule has 7 nitrogen and oxygen atoms in total. The van der Waals surface area contributed by atoms with E-state index in [4.69, 9.17) is 4.98 Å². The van der Waals surface area contributed by atoms with Gasteiger partial charge in [0.25, 0.3) is 0 Å². The molecule has 0 bridgehead atoms. The SMILES string of the molecule is O=C(Nc1cccc(CN2CC=C(c3cccc(N4CCNCC4)n3)CC2)c1)NC1CC1. The molecule has 0 spiro atoms. The Balaban J connectivity index is 1.18. The maximum Gasteiger partial charge on any atom is 0.319 e. The van der Waals surface area contributed by atoms with Crippen LogP contribution in [0.25, 0.3) is 5.57 Å². The molecular weight excluding hydrogens is 400 g/mol. The van der Waals surface area contributed by atoms with Gasteiger partial charge in [-0.3, -0.25) is 4.90 Å². The van der Waals surface area contributed by atoms with Crippen LogP contribution in [0.3, 0.4) is 0 Å². The van der Waals surface area contributed by atoms with E-state index in [0.29, 0.717) is 6.04 Å². The highest BCUT2D eigenvalue weighted by atomic mass is 16.2. The molecular formula is C25H32N6O. The molecule has 1 aromatic heterocycles. The van der Waals surface area contributed by atoms with Crippen LogP contribution in [0.4, 0.5) is 16.3 Å². The van der Waals surface area contributed by atoms with Crippen molar-refractivity contribution in [3.05, 3.63) is 59.8 Å². The number of pyridine rings is 1. The molecule has 3 heterocycles. The lowest BCUT2D eigenvalue weighted by atomic mass is 10.0. The second-order valence-corrected chi connectivity index (χ2v) is 8.91. The molecule has 2 fully saturated rings. The lowest BCUT2D eigenvalue weighted by Gasteiger charge is -2.29. The molecule has 1 aromatic carbocycles. The van der Waals surface area contributed by atoms with Crippen LogP contribution in [0.5, 0.6) is 0 Å². The maximum atomic E-state index is 12.0. The Kier molecular flexibility index (Phi) is 6.36. The number of carbonyl (C=O) groups excluding carboxylic acids is 1. The third-order valence-corrected chi connectivity index (χ3v) is 6.30. The molecule has 0 radical (unpaired) electrons. The minimum absolute atomic E-state index is 0.106. The first-order valence-corrected chi connectivity index (χ1v) is 11.7. The minimum Gasteiger partial charge on any atom is -0.354 e. The molecule has 1 saturated carbocycles. The van der Waals surface area contributed by atoms with Gasteiger partial charge in [-0.1, -0.05) is 24.3 Å². The highest BCUT2D eigenvalue weighted by Crippen LogP contribution is 2.24. The first kappa shape index (κ1) is 21.0. The number of rotatable bonds is 6. The number of amides is 2. The summed E-state index contributed by atoms with van der Waals surface area (Å²) in [6.45, 7) is 6.85. The Hall–Kier alpha value is -2.90. The van der Waals surface area contributed by atoms with E-state index in [1.807, 2.05) is 12.1 Å². The number of aromatic nitrogens is 1. The van der Waals surface area contributed by atoms with Crippen LogP contribution in [0.15, 0.2) is 48.5 Å². The molecule has 1 aliphatic carbocycles. The zero-order chi connectivity index (χ0) is 21.8. The van der Waals surface area contributed by atoms with E-state index in [-0.39, 0.29) is 6.03 Å². The van der Waals surface area contributed by atoms with Crippen molar-refractivity contribution in [3.8, 4) is 0 Å². The summed E-state index contributed by atoms with van der Waals surface area (Å²) in [6, 6.07) is 14.8. The van der Waals surface area contributed by atoms with Gasteiger partial charge in [0.05, 0.1) is 5.69 Å². The number of piperazine rings is 1. The summed E-state index contributed by atoms with van der Waals surface area (Å²) in [5.41, 5.74) is 4.51. The van der Waals surface area contributed by atoms with E-state index >= 15 is 0 Å². The number of hydrogen-bond acceptors (Lipinski definition) is 5. The third-order valence-electron chi connectivity index (χ3n) is 6.30. The van der Waals surface area contributed by atoms with Crippen molar-refractivity contribution < 1.29 is 4.79 Å². The predicted octanol–water partition coefficient (Wildman–Crippen LogP) is 3.06. The first-order chi connectivity index (χ1) is 15.7. The van der Waals surface area contributed by atoms with Gasteiger partial charge in [0, 0.05) is 57.5 Å². The van der Waals surface area contributed by atoms with Crippen molar-refractivity contribution in [2.45, 2.75) is 31.8 Å². The number of nitrogens with one attached hydrogen (secondary N) is 3. The van der Waals surface area contributed by atoms with Crippen LogP contribution in [0.2, 0.25) is 0 Å². The van der Waals surface area contributed by atoms with E-state index in [9.17, 15) is 4.79 Å². The van der Waals surface area contributed by atoms with Gasteiger partial charge in [0.15, 0.2) is 0 Å². The largest absolute Gasteiger partial charge is 0.354 e. The van der Waals surface area contributed by atoms with Gasteiger partial charge in [-0.15, -0.1) is 0 Å². The normalized spacial score (nSPS) is 19.4. The molecule has 5 rings (SSSR count). The Morgan fingerprint density at radius 1 is 1.09 bits per heavy atom. The quantitative estimate of drug-likeness (QED) is 0.654. The summed E-state index contributed by atoms with van der Waals surface area (Å²) in [5.74, 6) is 1.09. The van der Waals surface area contributed by atoms with E-state index in [2.05, 4.69) is 62.2 Å². The van der Waals surface area contributed by atoms with Gasteiger partial charge in [-0.2, -0.15) is 0 Å². The number of carbonyl (C=O) groups is 1. The Morgan fingerprint density at radius 3 is 2.72 bits per heavy atom. The smallest absolute Gasteiger partial charge is 0.319 e. The zero-order valence-corrected chi connectivity index (χ0v) is 18.5. The van der Waals surface area contributed by atoms with Gasteiger partial charge >= 0.3 is 6.03 Å². The van der Waals surface area contributed by atoms with Crippen LogP contribution >= 0.6 is 0 Å². The topological polar surface area (TPSA) is 72.5 Å². The molecule has 0 unspecified atom stereocenters. The second kappa shape index (κ2) is 9.71. The number of anilines is 2. The van der Waals surface area contributed by atoms with Crippen molar-refractivity contribution >= 4 is 23.1 Å². The maximum absolute atomic E-state index is 12.0. The summed E-state index contributed by atoms with van der Waals surface area (Å²) in [6.07, 6.45) is 5.50. The van der Waals surface area contributed by atoms with Gasteiger partial charge in [0.1, 0.15) is 5.82 Å². The average Bonchev–Trinajstić information content (AvgIpc) is 3.64. The summed E-state index contributed by atoms with van der Waals surface area (Å²) >= 11 is 0. The fourth-order valence-corrected chi connectivity index (χ4v) is 4.35. The van der Waals surface area contributed by atoms with Crippen LogP contribution in [-0.2, 0) is 6.54 Å². The van der Waals surface area contributed by atoms with Gasteiger partial charge in [-0.05, 0) is 54.7 Å². The van der Waals surface area contributed by atoms with E-state index in [0.717, 1.165) is 82.3 Å². The van der Waals surface area contributed by atoms with Crippen molar-refractivity contribution in [1.82, 2.24) is 20.5 Å². The second-order valence-electron chi connectivity index (χ2n) is 8.91. The summed E-state index contributed by atoms with van der Waals surface area (Å²) in [4.78, 5) is 21.8. The number of benzene rings is 1. The molecule has 168 valence electrons. The van der Waals surface area contributed by atoms with Crippen molar-refractivity contribution in [2.75, 3.05) is 49.5 Å². The van der Waals surface area contributed by atoms with Crippen LogP contribution in [0.1, 0.15) is 30.5 Å². The average molecular weight is 433 g/mol. The zero-order valence-electron chi connectivity index (χ0n) is 18.5. The molecule has 7 heteroatoms. The van der Waals surface area contributed by atoms with E-state index in [1.54, 1.807) is 0 Å². The molecule has 1 saturated heterocycles. The van der Waals surface area contributed by atoms with Gasteiger partial charge in [0.2, 0.25) is 0 Å². The van der Waals surface area contributed by atoms with Crippen LogP contribution in [0, 0.1) is 0 Å². The van der Waals surface area contributed by atoms with Crippen molar-refractivity contribution in [3.63, 3.8) is 0 Å². The molecule has 32 heavy (non-hydrogen) atoms. The fraction of sp³-hybridized carbons (Fsp3) is 0.440. The predicted molar refractivity (Wildman–Crippen MR) is 129 cm³/mol. The summed E-state index contributed by atoms with van der Waals surface area (Å²) in [5, 5.41) is 9.32. The number of nitrogens with zero attached hydrogens (tertiary/aromatic N) is 3. The molecule has 3 aliphatic rings. The molecule has 3 N–H and O–H groups in total. The van der Waals surface area contributed by atoms with Gasteiger partial charge in [-0.25, -0.2) is 9.78 Å². The summed E-state index contributed by atoms with van der Waals surface area (Å²) < 4.78 is 0. The Labute approximate surface area is 189 Å². The molecule has 2 aromatic rings. The standard InChI is InChI=1S/C25H32N6O/c32-25(27-21-7-8-21)28-22-4-1-3-19(17-22)18-30-13-9-20(10-14-30)23-5-2-6-24(29-23)31-15-11-26-12-16-31/h1-6,9,17,21,26H,7-8,10-16,18H2,(H2,27,28,32). The Bertz CT molecular complexity index is 980. The minimum atomic E-state index is -0.106. The highest BCUT2D eigenvalue weighted by molar-refractivity contribution is 5.89. The number of urea groups is 1. The van der Waals surface area contributed by atoms with Crippen LogP contribution in [-0.4, -0.2) is 61.2 Å². The van der Waals surface area contributed by atoms with Gasteiger partial charge < -0.3 is 20.9 Å². The molecule has 0 atom stereocenters. The summed E-state index contributed by atoms with van der Waals surface area (Å²) in [7, 11) is 0. The third kappa shape index (κ3) is 5.47. The van der Waals surface area contributed by atoms with Crippen LogP contribution < -0.4 is 20.9 Å². The van der Waals surface area contributed by atoms with Crippen molar-refractivity contribution in [1.29, 1.82) is 0 Å². The number of hydrogen-bond donors (Lipinski definition) is 3. The van der Waals surface area contributed by atoms with E-state index in [1.165, 1.54) is 11.1 Å². The first-order valence-electron chi connectivity index (χ1n) is 11.7. The Morgan fingerprint density at radius 2 is 1.94 bits per heavy atom. The van der Waals surface area contributed by atoms with Crippen molar-refractivity contribution in [2.24, 2.45) is 0 Å².